The predicted octanol–water partition coefficient (Wildman–Crippen LogP) is 4.56. The Morgan fingerprint density at radius 2 is 1.81 bits per heavy atom. The first-order valence-electron chi connectivity index (χ1n) is 7.32. The molecule has 0 radical (unpaired) electrons. The van der Waals surface area contributed by atoms with E-state index in [-0.39, 0.29) is 0 Å². The van der Waals surface area contributed by atoms with Gasteiger partial charge in [0.25, 0.3) is 0 Å². The van der Waals surface area contributed by atoms with Crippen LogP contribution < -0.4 is 5.48 Å². The van der Waals surface area contributed by atoms with Gasteiger partial charge in [-0.15, -0.1) is 0 Å². The summed E-state index contributed by atoms with van der Waals surface area (Å²) in [4.78, 5) is 4.84. The van der Waals surface area contributed by atoms with E-state index in [1.54, 1.807) is 12.5 Å². The zero-order chi connectivity index (χ0) is 15.5. The maximum absolute atomic E-state index is 4.84. The molecule has 1 aromatic carbocycles. The largest absolute Gasteiger partial charge is 0.391 e. The number of H-pyrrole nitrogens is 1. The SMILES string of the molecule is C1=CC(/C=C/c2n[nH]c3ccccc23)=CNO1.CC.CC. The van der Waals surface area contributed by atoms with Gasteiger partial charge in [0.2, 0.25) is 0 Å². The first-order chi connectivity index (χ1) is 10.4. The summed E-state index contributed by atoms with van der Waals surface area (Å²) in [6.07, 6.45) is 9.21. The van der Waals surface area contributed by atoms with Gasteiger partial charge < -0.3 is 4.84 Å². The van der Waals surface area contributed by atoms with Crippen LogP contribution in [0.15, 0.2) is 54.5 Å². The molecule has 0 atom stereocenters. The lowest BCUT2D eigenvalue weighted by atomic mass is 10.1. The first kappa shape index (κ1) is 16.6. The number of benzene rings is 1. The lowest BCUT2D eigenvalue weighted by Crippen LogP contribution is -2.05. The van der Waals surface area contributed by atoms with Crippen LogP contribution in [0.1, 0.15) is 33.4 Å². The van der Waals surface area contributed by atoms with Crippen LogP contribution in [0.3, 0.4) is 0 Å². The Morgan fingerprint density at radius 1 is 1.05 bits per heavy atom. The highest BCUT2D eigenvalue weighted by molar-refractivity contribution is 5.86. The average Bonchev–Trinajstić information content (AvgIpc) is 3.01. The number of aromatic amines is 1. The molecular weight excluding hydrogens is 262 g/mol. The standard InChI is InChI=1S/C13H11N3O.2C2H6/c1-2-4-12-11(3-1)13(16-15-12)6-5-10-7-8-17-14-9-10;2*1-2/h1-9,14H,(H,15,16);2*1-2H3/b6-5+;;. The van der Waals surface area contributed by atoms with Crippen LogP contribution in [-0.2, 0) is 4.84 Å². The van der Waals surface area contributed by atoms with Crippen molar-refractivity contribution in [3.63, 3.8) is 0 Å². The quantitative estimate of drug-likeness (QED) is 0.850. The van der Waals surface area contributed by atoms with E-state index in [1.165, 1.54) is 0 Å². The Hall–Kier alpha value is -2.49. The summed E-state index contributed by atoms with van der Waals surface area (Å²) in [6.45, 7) is 8.00. The highest BCUT2D eigenvalue weighted by atomic mass is 16.6. The molecule has 0 fully saturated rings. The fourth-order valence-corrected chi connectivity index (χ4v) is 1.69. The van der Waals surface area contributed by atoms with Crippen LogP contribution in [0, 0.1) is 0 Å². The highest BCUT2D eigenvalue weighted by Gasteiger charge is 2.01. The van der Waals surface area contributed by atoms with Crippen molar-refractivity contribution in [3.8, 4) is 0 Å². The van der Waals surface area contributed by atoms with Crippen LogP contribution in [0.4, 0.5) is 0 Å². The fourth-order valence-electron chi connectivity index (χ4n) is 1.69. The Labute approximate surface area is 126 Å². The topological polar surface area (TPSA) is 49.9 Å². The van der Waals surface area contributed by atoms with Crippen molar-refractivity contribution in [2.45, 2.75) is 27.7 Å². The summed E-state index contributed by atoms with van der Waals surface area (Å²) in [6, 6.07) is 8.05. The second-order valence-corrected chi connectivity index (χ2v) is 3.67. The van der Waals surface area contributed by atoms with Gasteiger partial charge in [0.15, 0.2) is 0 Å². The number of allylic oxidation sites excluding steroid dienone is 3. The lowest BCUT2D eigenvalue weighted by molar-refractivity contribution is 0.171. The van der Waals surface area contributed by atoms with Crippen molar-refractivity contribution < 1.29 is 4.84 Å². The Kier molecular flexibility index (Phi) is 7.43. The van der Waals surface area contributed by atoms with Gasteiger partial charge in [-0.05, 0) is 23.8 Å². The smallest absolute Gasteiger partial charge is 0.119 e. The van der Waals surface area contributed by atoms with E-state index in [1.807, 2.05) is 70.2 Å². The maximum atomic E-state index is 4.84. The molecule has 21 heavy (non-hydrogen) atoms. The number of hydrogen-bond donors (Lipinski definition) is 2. The van der Waals surface area contributed by atoms with Crippen molar-refractivity contribution in [2.75, 3.05) is 0 Å². The molecule has 0 aliphatic carbocycles. The molecule has 0 saturated heterocycles. The Bertz CT molecular complexity index is 624. The Balaban J connectivity index is 0.000000510. The van der Waals surface area contributed by atoms with Gasteiger partial charge in [-0.2, -0.15) is 5.10 Å². The number of aromatic nitrogens is 2. The minimum absolute atomic E-state index is 0.932. The number of fused-ring (bicyclic) bond motifs is 1. The molecule has 4 nitrogen and oxygen atoms in total. The van der Waals surface area contributed by atoms with Gasteiger partial charge in [-0.3, -0.25) is 5.10 Å². The van der Waals surface area contributed by atoms with E-state index in [0.29, 0.717) is 0 Å². The summed E-state index contributed by atoms with van der Waals surface area (Å²) >= 11 is 0. The van der Waals surface area contributed by atoms with Crippen LogP contribution in [0.5, 0.6) is 0 Å². The minimum atomic E-state index is 0.932. The molecular formula is C17H23N3O. The average molecular weight is 285 g/mol. The third-order valence-corrected chi connectivity index (χ3v) is 2.56. The molecule has 0 spiro atoms. The summed E-state index contributed by atoms with van der Waals surface area (Å²) in [5.41, 5.74) is 5.68. The molecule has 0 bridgehead atoms. The summed E-state index contributed by atoms with van der Waals surface area (Å²) < 4.78 is 0. The van der Waals surface area contributed by atoms with Gasteiger partial charge >= 0.3 is 0 Å². The first-order valence-corrected chi connectivity index (χ1v) is 7.32. The lowest BCUT2D eigenvalue weighted by Gasteiger charge is -2.04. The van der Waals surface area contributed by atoms with Gasteiger partial charge in [0.05, 0.1) is 11.2 Å². The van der Waals surface area contributed by atoms with E-state index in [4.69, 9.17) is 4.84 Å². The number of hydrogen-bond acceptors (Lipinski definition) is 3. The zero-order valence-corrected chi connectivity index (χ0v) is 13.1. The van der Waals surface area contributed by atoms with Gasteiger partial charge in [-0.25, -0.2) is 5.48 Å². The molecule has 1 aromatic heterocycles. The van der Waals surface area contributed by atoms with E-state index in [0.717, 1.165) is 22.2 Å². The maximum Gasteiger partial charge on any atom is 0.119 e. The molecule has 2 N–H and O–H groups in total. The molecule has 0 unspecified atom stereocenters. The number of nitrogens with one attached hydrogen (secondary N) is 2. The van der Waals surface area contributed by atoms with Crippen molar-refractivity contribution in [1.82, 2.24) is 15.7 Å². The monoisotopic (exact) mass is 285 g/mol. The van der Waals surface area contributed by atoms with Crippen molar-refractivity contribution in [2.24, 2.45) is 0 Å². The number of para-hydroxylation sites is 1. The van der Waals surface area contributed by atoms with E-state index in [9.17, 15) is 0 Å². The number of nitrogens with zero attached hydrogens (tertiary/aromatic N) is 1. The van der Waals surface area contributed by atoms with Crippen molar-refractivity contribution >= 4 is 17.0 Å². The summed E-state index contributed by atoms with van der Waals surface area (Å²) in [7, 11) is 0. The van der Waals surface area contributed by atoms with Gasteiger partial charge in [0.1, 0.15) is 6.26 Å². The third kappa shape index (κ3) is 4.53. The molecule has 112 valence electrons. The second kappa shape index (κ2) is 9.42. The molecule has 1 aliphatic rings. The predicted molar refractivity (Wildman–Crippen MR) is 89.3 cm³/mol. The molecule has 0 amide bonds. The van der Waals surface area contributed by atoms with Gasteiger partial charge in [-0.1, -0.05) is 52.0 Å². The van der Waals surface area contributed by atoms with Gasteiger partial charge in [0, 0.05) is 11.6 Å². The molecule has 0 saturated carbocycles. The molecule has 4 heteroatoms. The van der Waals surface area contributed by atoms with E-state index in [2.05, 4.69) is 15.7 Å². The van der Waals surface area contributed by atoms with Crippen LogP contribution >= 0.6 is 0 Å². The Morgan fingerprint density at radius 3 is 2.52 bits per heavy atom. The second-order valence-electron chi connectivity index (χ2n) is 3.67. The third-order valence-electron chi connectivity index (χ3n) is 2.56. The molecule has 2 aromatic rings. The molecule has 1 aliphatic heterocycles. The van der Waals surface area contributed by atoms with Crippen LogP contribution in [0.25, 0.3) is 17.0 Å². The van der Waals surface area contributed by atoms with E-state index < -0.39 is 0 Å². The number of rotatable bonds is 2. The van der Waals surface area contributed by atoms with E-state index >= 15 is 0 Å². The highest BCUT2D eigenvalue weighted by Crippen LogP contribution is 2.17. The number of hydroxylamine groups is 1. The normalized spacial score (nSPS) is 12.5. The molecule has 3 rings (SSSR count). The fraction of sp³-hybridized carbons (Fsp3) is 0.235. The minimum Gasteiger partial charge on any atom is -0.391 e. The molecule has 2 heterocycles. The van der Waals surface area contributed by atoms with Crippen molar-refractivity contribution in [3.05, 3.63) is 60.1 Å². The van der Waals surface area contributed by atoms with Crippen molar-refractivity contribution in [1.29, 1.82) is 0 Å². The summed E-state index contributed by atoms with van der Waals surface area (Å²) in [5, 5.41) is 8.38. The van der Waals surface area contributed by atoms with Crippen LogP contribution in [0.2, 0.25) is 0 Å². The zero-order valence-electron chi connectivity index (χ0n) is 13.1. The summed E-state index contributed by atoms with van der Waals surface area (Å²) in [5.74, 6) is 0. The van der Waals surface area contributed by atoms with Crippen LogP contribution in [-0.4, -0.2) is 10.2 Å².